The summed E-state index contributed by atoms with van der Waals surface area (Å²) >= 11 is 0. The van der Waals surface area contributed by atoms with Crippen molar-refractivity contribution in [3.63, 3.8) is 0 Å². The number of nitrogens with one attached hydrogen (secondary N) is 2. The van der Waals surface area contributed by atoms with Crippen LogP contribution >= 0.6 is 0 Å². The van der Waals surface area contributed by atoms with Gasteiger partial charge in [-0.3, -0.25) is 4.79 Å². The van der Waals surface area contributed by atoms with Crippen molar-refractivity contribution in [1.29, 1.82) is 0 Å². The second-order valence-corrected chi connectivity index (χ2v) is 6.79. The zero-order chi connectivity index (χ0) is 18.4. The Balaban J connectivity index is 1.39. The van der Waals surface area contributed by atoms with Gasteiger partial charge in [-0.15, -0.1) is 0 Å². The number of benzene rings is 2. The maximum absolute atomic E-state index is 12.2. The van der Waals surface area contributed by atoms with E-state index in [-0.39, 0.29) is 5.91 Å². The summed E-state index contributed by atoms with van der Waals surface area (Å²) in [6, 6.07) is 13.8. The molecule has 1 unspecified atom stereocenters. The van der Waals surface area contributed by atoms with E-state index in [9.17, 15) is 4.79 Å². The standard InChI is InChI=1S/C21H26N2O3/c1-23(12-13-26-20-10-8-19(25-2)9-11-20)15-21(24)22-18-7-6-16-4-3-5-17(16)14-18/h6-11,14H,3-5,12-13,15H2,1-2H3,(H,22,24)/p+1. The number of likely N-dealkylation sites (N-methyl/N-ethyl adjacent to an activating group) is 1. The fraction of sp³-hybridized carbons (Fsp3) is 0.381. The number of rotatable bonds is 8. The highest BCUT2D eigenvalue weighted by molar-refractivity contribution is 5.91. The number of fused-ring (bicyclic) bond motifs is 1. The van der Waals surface area contributed by atoms with Crippen molar-refractivity contribution in [2.24, 2.45) is 0 Å². The number of ether oxygens (including phenoxy) is 2. The van der Waals surface area contributed by atoms with E-state index in [4.69, 9.17) is 9.47 Å². The van der Waals surface area contributed by atoms with Crippen molar-refractivity contribution in [3.8, 4) is 11.5 Å². The molecule has 5 heteroatoms. The zero-order valence-corrected chi connectivity index (χ0v) is 15.5. The van der Waals surface area contributed by atoms with Crippen LogP contribution < -0.4 is 19.7 Å². The van der Waals surface area contributed by atoms with E-state index in [2.05, 4.69) is 17.4 Å². The molecule has 2 aromatic rings. The second-order valence-electron chi connectivity index (χ2n) is 6.79. The van der Waals surface area contributed by atoms with Crippen LogP contribution in [0.25, 0.3) is 0 Å². The minimum absolute atomic E-state index is 0.0323. The van der Waals surface area contributed by atoms with Crippen LogP contribution in [0.4, 0.5) is 5.69 Å². The Labute approximate surface area is 154 Å². The van der Waals surface area contributed by atoms with Crippen LogP contribution in [0.5, 0.6) is 11.5 Å². The number of hydrogen-bond donors (Lipinski definition) is 2. The minimum atomic E-state index is 0.0323. The van der Waals surface area contributed by atoms with Gasteiger partial charge in [0.25, 0.3) is 5.91 Å². The van der Waals surface area contributed by atoms with Gasteiger partial charge in [0.15, 0.2) is 6.54 Å². The summed E-state index contributed by atoms with van der Waals surface area (Å²) in [5, 5.41) is 3.01. The monoisotopic (exact) mass is 355 g/mol. The molecule has 0 aromatic heterocycles. The minimum Gasteiger partial charge on any atom is -0.497 e. The summed E-state index contributed by atoms with van der Waals surface area (Å²) in [5.74, 6) is 1.65. The van der Waals surface area contributed by atoms with Crippen molar-refractivity contribution in [1.82, 2.24) is 0 Å². The third-order valence-corrected chi connectivity index (χ3v) is 4.70. The maximum atomic E-state index is 12.2. The van der Waals surface area contributed by atoms with Crippen LogP contribution in [0.1, 0.15) is 17.5 Å². The number of anilines is 1. The van der Waals surface area contributed by atoms with Gasteiger partial charge in [0.05, 0.1) is 14.2 Å². The number of methoxy groups -OCH3 is 1. The summed E-state index contributed by atoms with van der Waals surface area (Å²) in [4.78, 5) is 13.3. The molecule has 1 aliphatic carbocycles. The van der Waals surface area contributed by atoms with Crippen LogP contribution in [0.2, 0.25) is 0 Å². The molecule has 0 spiro atoms. The fourth-order valence-corrected chi connectivity index (χ4v) is 3.23. The summed E-state index contributed by atoms with van der Waals surface area (Å²) in [5.41, 5.74) is 3.69. The summed E-state index contributed by atoms with van der Waals surface area (Å²) in [7, 11) is 3.64. The summed E-state index contributed by atoms with van der Waals surface area (Å²) in [6.45, 7) is 1.73. The predicted octanol–water partition coefficient (Wildman–Crippen LogP) is 1.72. The molecule has 0 heterocycles. The molecular formula is C21H27N2O3+. The van der Waals surface area contributed by atoms with E-state index >= 15 is 0 Å². The third kappa shape index (κ3) is 4.99. The highest BCUT2D eigenvalue weighted by Gasteiger charge is 2.14. The van der Waals surface area contributed by atoms with Crippen molar-refractivity contribution < 1.29 is 19.2 Å². The van der Waals surface area contributed by atoms with Gasteiger partial charge in [-0.1, -0.05) is 6.07 Å². The number of carbonyl (C=O) groups is 1. The number of quaternary nitrogens is 1. The highest BCUT2D eigenvalue weighted by Crippen LogP contribution is 2.24. The lowest BCUT2D eigenvalue weighted by Gasteiger charge is -2.15. The lowest BCUT2D eigenvalue weighted by atomic mass is 10.1. The first-order valence-electron chi connectivity index (χ1n) is 9.14. The molecule has 2 N–H and O–H groups in total. The lowest BCUT2D eigenvalue weighted by Crippen LogP contribution is -3.10. The van der Waals surface area contributed by atoms with Crippen LogP contribution in [-0.2, 0) is 17.6 Å². The Morgan fingerprint density at radius 3 is 2.58 bits per heavy atom. The topological polar surface area (TPSA) is 52.0 Å². The van der Waals surface area contributed by atoms with Crippen molar-refractivity contribution in [2.75, 3.05) is 39.2 Å². The van der Waals surface area contributed by atoms with E-state index in [0.29, 0.717) is 13.2 Å². The van der Waals surface area contributed by atoms with Crippen molar-refractivity contribution in [3.05, 3.63) is 53.6 Å². The van der Waals surface area contributed by atoms with Crippen LogP contribution in [0, 0.1) is 0 Å². The number of amides is 1. The van der Waals surface area contributed by atoms with E-state index in [1.165, 1.54) is 17.5 Å². The maximum Gasteiger partial charge on any atom is 0.279 e. The molecule has 0 radical (unpaired) electrons. The molecule has 0 saturated heterocycles. The molecule has 0 aliphatic heterocycles. The fourth-order valence-electron chi connectivity index (χ4n) is 3.23. The average molecular weight is 355 g/mol. The Morgan fingerprint density at radius 1 is 1.08 bits per heavy atom. The summed E-state index contributed by atoms with van der Waals surface area (Å²) < 4.78 is 10.8. The first kappa shape index (κ1) is 18.3. The average Bonchev–Trinajstić information content (AvgIpc) is 3.10. The van der Waals surface area contributed by atoms with Gasteiger partial charge in [0.2, 0.25) is 0 Å². The molecule has 5 nitrogen and oxygen atoms in total. The van der Waals surface area contributed by atoms with E-state index in [0.717, 1.165) is 41.5 Å². The number of hydrogen-bond acceptors (Lipinski definition) is 3. The van der Waals surface area contributed by atoms with Gasteiger partial charge < -0.3 is 19.7 Å². The molecule has 26 heavy (non-hydrogen) atoms. The Kier molecular flexibility index (Phi) is 6.12. The van der Waals surface area contributed by atoms with Gasteiger partial charge in [0.1, 0.15) is 24.7 Å². The van der Waals surface area contributed by atoms with Gasteiger partial charge >= 0.3 is 0 Å². The Hall–Kier alpha value is -2.53. The molecule has 3 rings (SSSR count). The Bertz CT molecular complexity index is 743. The van der Waals surface area contributed by atoms with Crippen LogP contribution in [-0.4, -0.2) is 39.8 Å². The van der Waals surface area contributed by atoms with Crippen LogP contribution in [0.3, 0.4) is 0 Å². The molecule has 1 aliphatic rings. The summed E-state index contributed by atoms with van der Waals surface area (Å²) in [6.07, 6.45) is 3.49. The Morgan fingerprint density at radius 2 is 1.81 bits per heavy atom. The number of aryl methyl sites for hydroxylation is 2. The first-order chi connectivity index (χ1) is 12.6. The molecule has 138 valence electrons. The van der Waals surface area contributed by atoms with Gasteiger partial charge in [0, 0.05) is 5.69 Å². The van der Waals surface area contributed by atoms with Crippen molar-refractivity contribution in [2.45, 2.75) is 19.3 Å². The molecular weight excluding hydrogens is 328 g/mol. The molecule has 1 amide bonds. The van der Waals surface area contributed by atoms with E-state index in [1.807, 2.05) is 37.4 Å². The molecule has 1 atom stereocenters. The van der Waals surface area contributed by atoms with E-state index < -0.39 is 0 Å². The zero-order valence-electron chi connectivity index (χ0n) is 15.5. The smallest absolute Gasteiger partial charge is 0.279 e. The SMILES string of the molecule is COc1ccc(OCC[NH+](C)CC(=O)Nc2ccc3c(c2)CCC3)cc1. The van der Waals surface area contributed by atoms with Gasteiger partial charge in [-0.2, -0.15) is 0 Å². The third-order valence-electron chi connectivity index (χ3n) is 4.70. The quantitative estimate of drug-likeness (QED) is 0.758. The normalized spacial score (nSPS) is 13.8. The predicted molar refractivity (Wildman–Crippen MR) is 102 cm³/mol. The lowest BCUT2D eigenvalue weighted by molar-refractivity contribution is -0.871. The second kappa shape index (κ2) is 8.72. The van der Waals surface area contributed by atoms with Gasteiger partial charge in [-0.05, 0) is 66.8 Å². The molecule has 2 aromatic carbocycles. The van der Waals surface area contributed by atoms with Crippen LogP contribution in [0.15, 0.2) is 42.5 Å². The molecule has 0 saturated carbocycles. The molecule has 0 fully saturated rings. The highest BCUT2D eigenvalue weighted by atomic mass is 16.5. The van der Waals surface area contributed by atoms with Gasteiger partial charge in [-0.25, -0.2) is 0 Å². The first-order valence-corrected chi connectivity index (χ1v) is 9.14. The number of carbonyl (C=O) groups excluding carboxylic acids is 1. The van der Waals surface area contributed by atoms with E-state index in [1.54, 1.807) is 7.11 Å². The largest absolute Gasteiger partial charge is 0.497 e. The molecule has 0 bridgehead atoms. The van der Waals surface area contributed by atoms with Crippen molar-refractivity contribution >= 4 is 11.6 Å².